The number of hydrogen-bond acceptors (Lipinski definition) is 3. The van der Waals surface area contributed by atoms with Crippen molar-refractivity contribution in [2.24, 2.45) is 0 Å². The molecule has 3 aromatic rings. The van der Waals surface area contributed by atoms with E-state index in [4.69, 9.17) is 23.2 Å². The molecule has 0 aliphatic carbocycles. The molecule has 0 bridgehead atoms. The van der Waals surface area contributed by atoms with Crippen LogP contribution in [-0.2, 0) is 13.1 Å². The van der Waals surface area contributed by atoms with Crippen LogP contribution in [0.15, 0.2) is 30.6 Å². The average Bonchev–Trinajstić information content (AvgIpc) is 3.03. The van der Waals surface area contributed by atoms with Gasteiger partial charge in [0.15, 0.2) is 0 Å². The fourth-order valence-electron chi connectivity index (χ4n) is 2.24. The van der Waals surface area contributed by atoms with Gasteiger partial charge in [-0.3, -0.25) is 4.68 Å². The molecule has 5 nitrogen and oxygen atoms in total. The maximum absolute atomic E-state index is 6.30. The Morgan fingerprint density at radius 3 is 2.85 bits per heavy atom. The Labute approximate surface area is 126 Å². The molecule has 0 fully saturated rings. The molecule has 0 aliphatic heterocycles. The van der Waals surface area contributed by atoms with Crippen LogP contribution in [-0.4, -0.2) is 24.5 Å². The van der Waals surface area contributed by atoms with E-state index < -0.39 is 0 Å². The maximum Gasteiger partial charge on any atom is 0.127 e. The van der Waals surface area contributed by atoms with Crippen LogP contribution in [0.3, 0.4) is 0 Å². The predicted molar refractivity (Wildman–Crippen MR) is 79.0 cm³/mol. The number of alkyl halides is 1. The topological polar surface area (TPSA) is 48.5 Å². The molecule has 104 valence electrons. The van der Waals surface area contributed by atoms with Gasteiger partial charge in [-0.2, -0.15) is 0 Å². The van der Waals surface area contributed by atoms with Crippen molar-refractivity contribution in [2.45, 2.75) is 25.4 Å². The van der Waals surface area contributed by atoms with Crippen molar-refractivity contribution in [1.29, 1.82) is 0 Å². The lowest BCUT2D eigenvalue weighted by molar-refractivity contribution is 0.515. The number of halogens is 2. The molecule has 7 heteroatoms. The van der Waals surface area contributed by atoms with Gasteiger partial charge >= 0.3 is 0 Å². The number of aryl methyl sites for hydroxylation is 2. The number of rotatable bonds is 4. The molecule has 0 spiro atoms. The molecule has 0 N–H and O–H groups in total. The first kappa shape index (κ1) is 13.4. The first-order chi connectivity index (χ1) is 9.66. The molecule has 0 amide bonds. The van der Waals surface area contributed by atoms with Crippen LogP contribution in [0.5, 0.6) is 0 Å². The van der Waals surface area contributed by atoms with Crippen molar-refractivity contribution in [3.63, 3.8) is 0 Å². The van der Waals surface area contributed by atoms with Gasteiger partial charge in [-0.25, -0.2) is 4.98 Å². The summed E-state index contributed by atoms with van der Waals surface area (Å²) in [6, 6.07) is 5.69. The molecule has 3 rings (SSSR count). The highest BCUT2D eigenvalue weighted by molar-refractivity contribution is 6.35. The van der Waals surface area contributed by atoms with Gasteiger partial charge < -0.3 is 4.57 Å². The molecule has 0 radical (unpaired) electrons. The number of nitrogens with zero attached hydrogens (tertiary/aromatic N) is 5. The van der Waals surface area contributed by atoms with Gasteiger partial charge in [0.2, 0.25) is 0 Å². The van der Waals surface area contributed by atoms with E-state index in [0.29, 0.717) is 18.1 Å². The number of benzene rings is 1. The average molecular weight is 310 g/mol. The van der Waals surface area contributed by atoms with Crippen LogP contribution >= 0.6 is 23.2 Å². The van der Waals surface area contributed by atoms with Gasteiger partial charge in [-0.1, -0.05) is 22.9 Å². The third-order valence-corrected chi connectivity index (χ3v) is 3.63. The number of imidazole rings is 1. The van der Waals surface area contributed by atoms with E-state index in [2.05, 4.69) is 19.9 Å². The summed E-state index contributed by atoms with van der Waals surface area (Å²) in [5.74, 6) is 0.815. The van der Waals surface area contributed by atoms with E-state index in [1.165, 1.54) is 0 Å². The summed E-state index contributed by atoms with van der Waals surface area (Å²) in [5, 5.41) is 8.25. The van der Waals surface area contributed by atoms with E-state index in [1.54, 1.807) is 10.9 Å². The Morgan fingerprint density at radius 2 is 2.15 bits per heavy atom. The first-order valence-corrected chi connectivity index (χ1v) is 7.11. The Kier molecular flexibility index (Phi) is 3.63. The monoisotopic (exact) mass is 309 g/mol. The molecule has 1 aromatic carbocycles. The smallest absolute Gasteiger partial charge is 0.127 e. The second-order valence-corrected chi connectivity index (χ2v) is 5.57. The first-order valence-electron chi connectivity index (χ1n) is 6.29. The van der Waals surface area contributed by atoms with E-state index in [1.807, 2.05) is 31.3 Å². The summed E-state index contributed by atoms with van der Waals surface area (Å²) in [5.41, 5.74) is 1.77. The van der Waals surface area contributed by atoms with Gasteiger partial charge in [0, 0.05) is 12.7 Å². The molecule has 20 heavy (non-hydrogen) atoms. The molecule has 0 saturated carbocycles. The molecular weight excluding hydrogens is 297 g/mol. The fraction of sp³-hybridized carbons (Fsp3) is 0.308. The van der Waals surface area contributed by atoms with Crippen molar-refractivity contribution in [3.8, 4) is 0 Å². The molecule has 0 saturated heterocycles. The van der Waals surface area contributed by atoms with E-state index in [-0.39, 0.29) is 5.38 Å². The third kappa shape index (κ3) is 2.39. The highest BCUT2D eigenvalue weighted by Gasteiger charge is 2.16. The van der Waals surface area contributed by atoms with Crippen molar-refractivity contribution in [2.75, 3.05) is 0 Å². The third-order valence-electron chi connectivity index (χ3n) is 3.13. The van der Waals surface area contributed by atoms with Crippen molar-refractivity contribution in [1.82, 2.24) is 24.5 Å². The lowest BCUT2D eigenvalue weighted by Crippen LogP contribution is -2.11. The quantitative estimate of drug-likeness (QED) is 0.695. The van der Waals surface area contributed by atoms with Gasteiger partial charge in [0.05, 0.1) is 34.2 Å². The summed E-state index contributed by atoms with van der Waals surface area (Å²) in [4.78, 5) is 4.57. The number of aromatic nitrogens is 5. The summed E-state index contributed by atoms with van der Waals surface area (Å²) in [7, 11) is 0. The molecule has 1 unspecified atom stereocenters. The zero-order chi connectivity index (χ0) is 14.1. The highest BCUT2D eigenvalue weighted by atomic mass is 35.5. The molecule has 2 aromatic heterocycles. The Balaban J connectivity index is 2.04. The van der Waals surface area contributed by atoms with E-state index >= 15 is 0 Å². The second kappa shape index (κ2) is 5.42. The minimum atomic E-state index is -0.186. The molecule has 2 heterocycles. The maximum atomic E-state index is 6.30. The van der Waals surface area contributed by atoms with Gasteiger partial charge in [-0.05, 0) is 19.1 Å². The normalized spacial score (nSPS) is 12.9. The lowest BCUT2D eigenvalue weighted by atomic mass is 10.3. The van der Waals surface area contributed by atoms with Crippen LogP contribution in [0.2, 0.25) is 5.02 Å². The van der Waals surface area contributed by atoms with Crippen LogP contribution in [0.4, 0.5) is 0 Å². The van der Waals surface area contributed by atoms with Crippen molar-refractivity contribution >= 4 is 34.2 Å². The Hall–Kier alpha value is -1.59. The summed E-state index contributed by atoms with van der Waals surface area (Å²) >= 11 is 12.5. The number of hydrogen-bond donors (Lipinski definition) is 0. The van der Waals surface area contributed by atoms with Gasteiger partial charge in [-0.15, -0.1) is 16.7 Å². The summed E-state index contributed by atoms with van der Waals surface area (Å²) in [6.07, 6.45) is 3.48. The number of para-hydroxylation sites is 1. The Bertz CT molecular complexity index is 718. The van der Waals surface area contributed by atoms with Gasteiger partial charge in [0.25, 0.3) is 0 Å². The highest BCUT2D eigenvalue weighted by Crippen LogP contribution is 2.29. The lowest BCUT2D eigenvalue weighted by Gasteiger charge is -2.11. The van der Waals surface area contributed by atoms with Gasteiger partial charge in [0.1, 0.15) is 5.82 Å². The fourth-order valence-corrected chi connectivity index (χ4v) is 2.68. The standard InChI is InChI=1S/C13H13Cl2N5/c1-9(14)13-17-11-4-2-3-10(15)12(11)20(13)8-7-19-6-5-16-18-19/h2-6,9H,7-8H2,1H3. The molecule has 0 aliphatic rings. The largest absolute Gasteiger partial charge is 0.324 e. The van der Waals surface area contributed by atoms with E-state index in [0.717, 1.165) is 16.9 Å². The zero-order valence-corrected chi connectivity index (χ0v) is 12.4. The minimum Gasteiger partial charge on any atom is -0.324 e. The summed E-state index contributed by atoms with van der Waals surface area (Å²) < 4.78 is 3.82. The van der Waals surface area contributed by atoms with Crippen molar-refractivity contribution < 1.29 is 0 Å². The molecular formula is C13H13Cl2N5. The van der Waals surface area contributed by atoms with Crippen LogP contribution in [0.25, 0.3) is 11.0 Å². The second-order valence-electron chi connectivity index (χ2n) is 4.51. The molecule has 1 atom stereocenters. The predicted octanol–water partition coefficient (Wildman–Crippen LogP) is 3.28. The van der Waals surface area contributed by atoms with Crippen LogP contribution < -0.4 is 0 Å². The Morgan fingerprint density at radius 1 is 1.30 bits per heavy atom. The van der Waals surface area contributed by atoms with Crippen LogP contribution in [0, 0.1) is 0 Å². The SMILES string of the molecule is CC(Cl)c1nc2cccc(Cl)c2n1CCn1ccnn1. The van der Waals surface area contributed by atoms with E-state index in [9.17, 15) is 0 Å². The van der Waals surface area contributed by atoms with Crippen LogP contribution in [0.1, 0.15) is 18.1 Å². The summed E-state index contributed by atoms with van der Waals surface area (Å²) in [6.45, 7) is 3.28. The van der Waals surface area contributed by atoms with Crippen molar-refractivity contribution in [3.05, 3.63) is 41.4 Å². The zero-order valence-electron chi connectivity index (χ0n) is 10.9. The minimum absolute atomic E-state index is 0.186. The number of fused-ring (bicyclic) bond motifs is 1.